The van der Waals surface area contributed by atoms with Crippen LogP contribution in [0.1, 0.15) is 0 Å². The number of nitrogens with two attached hydrogens (primary N) is 1. The Kier molecular flexibility index (Phi) is 5.79. The molecule has 0 aliphatic carbocycles. The smallest absolute Gasteiger partial charge is 0.238 e. The van der Waals surface area contributed by atoms with Gasteiger partial charge in [0.25, 0.3) is 0 Å². The lowest BCUT2D eigenvalue weighted by molar-refractivity contribution is -0.117. The van der Waals surface area contributed by atoms with Gasteiger partial charge >= 0.3 is 0 Å². The molecule has 112 valence electrons. The van der Waals surface area contributed by atoms with Crippen LogP contribution in [0.2, 0.25) is 5.02 Å². The Bertz CT molecular complexity index is 590. The number of benzene rings is 1. The topological polar surface area (TPSA) is 92.5 Å². The van der Waals surface area contributed by atoms with E-state index in [4.69, 9.17) is 17.3 Å². The summed E-state index contributed by atoms with van der Waals surface area (Å²) < 4.78 is 22.1. The zero-order valence-electron chi connectivity index (χ0n) is 11.4. The molecule has 1 aromatic carbocycles. The van der Waals surface area contributed by atoms with Crippen molar-refractivity contribution < 1.29 is 13.2 Å². The van der Waals surface area contributed by atoms with Gasteiger partial charge in [-0.15, -0.1) is 0 Å². The molecule has 0 aromatic heterocycles. The zero-order valence-corrected chi connectivity index (χ0v) is 13.0. The van der Waals surface area contributed by atoms with E-state index in [-0.39, 0.29) is 18.2 Å². The average Bonchev–Trinajstić information content (AvgIpc) is 2.30. The summed E-state index contributed by atoms with van der Waals surface area (Å²) in [6.45, 7) is 0.396. The highest BCUT2D eigenvalue weighted by Crippen LogP contribution is 2.22. The Morgan fingerprint density at radius 3 is 2.65 bits per heavy atom. The molecule has 0 spiro atoms. The molecule has 8 heteroatoms. The fourth-order valence-corrected chi connectivity index (χ4v) is 2.23. The van der Waals surface area contributed by atoms with Crippen molar-refractivity contribution >= 4 is 38.7 Å². The maximum Gasteiger partial charge on any atom is 0.238 e. The maximum atomic E-state index is 11.8. The van der Waals surface area contributed by atoms with Crippen LogP contribution in [0, 0.1) is 0 Å². The molecule has 20 heavy (non-hydrogen) atoms. The summed E-state index contributed by atoms with van der Waals surface area (Å²) in [7, 11) is -1.35. The second-order valence-corrected chi connectivity index (χ2v) is 7.32. The third-order valence-corrected chi connectivity index (χ3v) is 3.81. The van der Waals surface area contributed by atoms with Gasteiger partial charge in [0.1, 0.15) is 9.84 Å². The first-order valence-electron chi connectivity index (χ1n) is 5.88. The number of nitrogens with zero attached hydrogens (tertiary/aromatic N) is 1. The molecular formula is C12H18ClN3O3S. The summed E-state index contributed by atoms with van der Waals surface area (Å²) >= 11 is 5.78. The van der Waals surface area contributed by atoms with E-state index in [1.54, 1.807) is 30.1 Å². The van der Waals surface area contributed by atoms with Crippen molar-refractivity contribution in [2.75, 3.05) is 43.2 Å². The van der Waals surface area contributed by atoms with E-state index in [1.807, 2.05) is 0 Å². The van der Waals surface area contributed by atoms with Gasteiger partial charge in [-0.3, -0.25) is 9.69 Å². The lowest BCUT2D eigenvalue weighted by Crippen LogP contribution is -2.33. The predicted octanol–water partition coefficient (Wildman–Crippen LogP) is 0.837. The van der Waals surface area contributed by atoms with Crippen molar-refractivity contribution in [2.45, 2.75) is 0 Å². The molecular weight excluding hydrogens is 302 g/mol. The highest BCUT2D eigenvalue weighted by atomic mass is 35.5. The Balaban J connectivity index is 2.48. The highest BCUT2D eigenvalue weighted by molar-refractivity contribution is 7.90. The van der Waals surface area contributed by atoms with Crippen LogP contribution in [0.3, 0.4) is 0 Å². The number of sulfone groups is 1. The minimum absolute atomic E-state index is 0.0185. The summed E-state index contributed by atoms with van der Waals surface area (Å²) in [5.41, 5.74) is 6.57. The normalized spacial score (nSPS) is 11.6. The quantitative estimate of drug-likeness (QED) is 0.758. The number of hydrogen-bond acceptors (Lipinski definition) is 5. The molecule has 0 unspecified atom stereocenters. The van der Waals surface area contributed by atoms with Gasteiger partial charge in [-0.05, 0) is 25.2 Å². The van der Waals surface area contributed by atoms with Gasteiger partial charge in [-0.25, -0.2) is 8.42 Å². The number of rotatable bonds is 6. The number of amides is 1. The standard InChI is InChI=1S/C12H18ClN3O3S/c1-16(5-6-20(2,18)19)8-12(17)15-9-3-4-10(13)11(14)7-9/h3-4,7H,5-6,8,14H2,1-2H3,(H,15,17). The zero-order chi connectivity index (χ0) is 15.3. The second-order valence-electron chi connectivity index (χ2n) is 4.65. The minimum Gasteiger partial charge on any atom is -0.397 e. The van der Waals surface area contributed by atoms with Crippen LogP contribution in [0.25, 0.3) is 0 Å². The molecule has 1 aromatic rings. The van der Waals surface area contributed by atoms with E-state index < -0.39 is 9.84 Å². The molecule has 0 saturated carbocycles. The van der Waals surface area contributed by atoms with Gasteiger partial charge < -0.3 is 11.1 Å². The van der Waals surface area contributed by atoms with Gasteiger partial charge in [0.05, 0.1) is 23.0 Å². The van der Waals surface area contributed by atoms with Crippen LogP contribution in [0.4, 0.5) is 11.4 Å². The first-order valence-corrected chi connectivity index (χ1v) is 8.32. The molecule has 1 rings (SSSR count). The molecule has 0 atom stereocenters. The minimum atomic E-state index is -3.03. The summed E-state index contributed by atoms with van der Waals surface area (Å²) in [5.74, 6) is -0.229. The largest absolute Gasteiger partial charge is 0.397 e. The Morgan fingerprint density at radius 1 is 1.45 bits per heavy atom. The number of nitrogen functional groups attached to an aromatic ring is 1. The number of hydrogen-bond donors (Lipinski definition) is 2. The molecule has 6 nitrogen and oxygen atoms in total. The van der Waals surface area contributed by atoms with E-state index in [2.05, 4.69) is 5.32 Å². The summed E-state index contributed by atoms with van der Waals surface area (Å²) in [6, 6.07) is 4.81. The first kappa shape index (κ1) is 16.7. The maximum absolute atomic E-state index is 11.8. The predicted molar refractivity (Wildman–Crippen MR) is 81.7 cm³/mol. The van der Waals surface area contributed by atoms with Gasteiger partial charge in [-0.2, -0.15) is 0 Å². The third kappa shape index (κ3) is 6.23. The van der Waals surface area contributed by atoms with Gasteiger partial charge in [0.15, 0.2) is 0 Å². The molecule has 0 radical (unpaired) electrons. The van der Waals surface area contributed by atoms with Crippen LogP contribution >= 0.6 is 11.6 Å². The highest BCUT2D eigenvalue weighted by Gasteiger charge is 2.10. The van der Waals surface area contributed by atoms with E-state index in [1.165, 1.54) is 0 Å². The fourth-order valence-electron chi connectivity index (χ4n) is 1.47. The van der Waals surface area contributed by atoms with E-state index in [0.29, 0.717) is 22.9 Å². The van der Waals surface area contributed by atoms with Crippen LogP contribution in [0.15, 0.2) is 18.2 Å². The number of halogens is 1. The number of nitrogens with one attached hydrogen (secondary N) is 1. The van der Waals surface area contributed by atoms with Crippen molar-refractivity contribution in [3.8, 4) is 0 Å². The monoisotopic (exact) mass is 319 g/mol. The van der Waals surface area contributed by atoms with Crippen molar-refractivity contribution in [1.82, 2.24) is 4.90 Å². The van der Waals surface area contributed by atoms with Crippen LogP contribution < -0.4 is 11.1 Å². The van der Waals surface area contributed by atoms with Gasteiger partial charge in [-0.1, -0.05) is 11.6 Å². The van der Waals surface area contributed by atoms with Crippen LogP contribution in [-0.2, 0) is 14.6 Å². The molecule has 0 saturated heterocycles. The number of likely N-dealkylation sites (N-methyl/N-ethyl adjacent to an activating group) is 1. The van der Waals surface area contributed by atoms with Crippen molar-refractivity contribution in [3.63, 3.8) is 0 Å². The molecule has 0 aliphatic rings. The fraction of sp³-hybridized carbons (Fsp3) is 0.417. The molecule has 0 fully saturated rings. The number of carbonyl (C=O) groups excluding carboxylic acids is 1. The van der Waals surface area contributed by atoms with Crippen LogP contribution in [0.5, 0.6) is 0 Å². The molecule has 0 aliphatic heterocycles. The van der Waals surface area contributed by atoms with E-state index in [0.717, 1.165) is 6.26 Å². The Morgan fingerprint density at radius 2 is 2.10 bits per heavy atom. The molecule has 0 bridgehead atoms. The van der Waals surface area contributed by atoms with Crippen molar-refractivity contribution in [3.05, 3.63) is 23.2 Å². The lowest BCUT2D eigenvalue weighted by atomic mass is 10.3. The Hall–Kier alpha value is -1.31. The Labute approximate surface area is 123 Å². The first-order chi connectivity index (χ1) is 9.17. The van der Waals surface area contributed by atoms with Gasteiger partial charge in [0, 0.05) is 18.5 Å². The SMILES string of the molecule is CN(CCS(C)(=O)=O)CC(=O)Nc1ccc(Cl)c(N)c1. The second kappa shape index (κ2) is 6.92. The lowest BCUT2D eigenvalue weighted by Gasteiger charge is -2.15. The summed E-state index contributed by atoms with van der Waals surface area (Å²) in [6.07, 6.45) is 1.16. The van der Waals surface area contributed by atoms with Crippen molar-refractivity contribution in [2.24, 2.45) is 0 Å². The molecule has 0 heterocycles. The van der Waals surface area contributed by atoms with Crippen LogP contribution in [-0.4, -0.2) is 51.4 Å². The van der Waals surface area contributed by atoms with E-state index >= 15 is 0 Å². The van der Waals surface area contributed by atoms with Crippen molar-refractivity contribution in [1.29, 1.82) is 0 Å². The molecule has 1 amide bonds. The van der Waals surface area contributed by atoms with E-state index in [9.17, 15) is 13.2 Å². The number of anilines is 2. The summed E-state index contributed by atoms with van der Waals surface area (Å²) in [4.78, 5) is 13.4. The third-order valence-electron chi connectivity index (χ3n) is 2.54. The average molecular weight is 320 g/mol. The molecule has 3 N–H and O–H groups in total. The van der Waals surface area contributed by atoms with Gasteiger partial charge in [0.2, 0.25) is 5.91 Å². The summed E-state index contributed by atoms with van der Waals surface area (Å²) in [5, 5.41) is 3.09. The number of carbonyl (C=O) groups is 1.